The number of hydrogen-bond donors (Lipinski definition) is 1. The maximum atomic E-state index is 3.75. The van der Waals surface area contributed by atoms with Crippen molar-refractivity contribution in [1.29, 1.82) is 0 Å². The second kappa shape index (κ2) is 4.22. The van der Waals surface area contributed by atoms with Crippen molar-refractivity contribution >= 4 is 11.8 Å². The summed E-state index contributed by atoms with van der Waals surface area (Å²) in [6, 6.07) is 0.833. The molecule has 2 aliphatic rings. The van der Waals surface area contributed by atoms with E-state index in [9.17, 15) is 0 Å². The van der Waals surface area contributed by atoms with Crippen LogP contribution in [-0.4, -0.2) is 24.1 Å². The van der Waals surface area contributed by atoms with Crippen molar-refractivity contribution in [3.05, 3.63) is 0 Å². The Balaban J connectivity index is 1.66. The average Bonchev–Trinajstić information content (AvgIpc) is 2.71. The van der Waals surface area contributed by atoms with Crippen molar-refractivity contribution in [1.82, 2.24) is 5.32 Å². The van der Waals surface area contributed by atoms with Gasteiger partial charge in [0.2, 0.25) is 0 Å². The van der Waals surface area contributed by atoms with Crippen LogP contribution in [0, 0.1) is 5.41 Å². The molecule has 2 heteroatoms. The zero-order valence-electron chi connectivity index (χ0n) is 8.64. The fourth-order valence-corrected chi connectivity index (χ4v) is 3.47. The number of hydrogen-bond acceptors (Lipinski definition) is 2. The maximum absolute atomic E-state index is 3.75. The maximum Gasteiger partial charge on any atom is 0.0166 e. The van der Waals surface area contributed by atoms with E-state index in [1.807, 2.05) is 0 Å². The van der Waals surface area contributed by atoms with E-state index in [4.69, 9.17) is 0 Å². The molecule has 2 fully saturated rings. The molecule has 1 atom stereocenters. The molecule has 1 aliphatic carbocycles. The smallest absolute Gasteiger partial charge is 0.0166 e. The Bertz CT molecular complexity index is 159. The summed E-state index contributed by atoms with van der Waals surface area (Å²) >= 11 is 2.10. The minimum absolute atomic E-state index is 0.738. The third kappa shape index (κ3) is 2.63. The SMILES string of the molecule is CCCC1(CNC2CCSC2)CC1. The first-order chi connectivity index (χ1) is 6.35. The van der Waals surface area contributed by atoms with Gasteiger partial charge in [-0.2, -0.15) is 11.8 Å². The normalized spacial score (nSPS) is 30.7. The minimum Gasteiger partial charge on any atom is -0.313 e. The van der Waals surface area contributed by atoms with E-state index in [1.165, 1.54) is 50.2 Å². The summed E-state index contributed by atoms with van der Waals surface area (Å²) in [5.74, 6) is 2.72. The van der Waals surface area contributed by atoms with Gasteiger partial charge in [-0.05, 0) is 36.9 Å². The van der Waals surface area contributed by atoms with Crippen molar-refractivity contribution < 1.29 is 0 Å². The van der Waals surface area contributed by atoms with Gasteiger partial charge >= 0.3 is 0 Å². The molecule has 1 nitrogen and oxygen atoms in total. The number of thioether (sulfide) groups is 1. The molecule has 13 heavy (non-hydrogen) atoms. The van der Waals surface area contributed by atoms with E-state index in [1.54, 1.807) is 0 Å². The minimum atomic E-state index is 0.738. The summed E-state index contributed by atoms with van der Waals surface area (Å²) < 4.78 is 0. The van der Waals surface area contributed by atoms with Gasteiger partial charge in [0, 0.05) is 18.3 Å². The highest BCUT2D eigenvalue weighted by molar-refractivity contribution is 7.99. The van der Waals surface area contributed by atoms with Gasteiger partial charge in [-0.3, -0.25) is 0 Å². The van der Waals surface area contributed by atoms with Crippen molar-refractivity contribution in [3.63, 3.8) is 0 Å². The molecule has 1 heterocycles. The first kappa shape index (κ1) is 9.85. The van der Waals surface area contributed by atoms with Crippen molar-refractivity contribution in [2.75, 3.05) is 18.1 Å². The Labute approximate surface area is 86.0 Å². The first-order valence-corrected chi connectivity index (χ1v) is 6.81. The second-order valence-electron chi connectivity index (χ2n) is 4.69. The summed E-state index contributed by atoms with van der Waals surface area (Å²) in [7, 11) is 0. The summed E-state index contributed by atoms with van der Waals surface area (Å²) in [6.45, 7) is 3.61. The molecule has 0 bridgehead atoms. The molecule has 1 saturated heterocycles. The van der Waals surface area contributed by atoms with E-state index < -0.39 is 0 Å². The van der Waals surface area contributed by atoms with Crippen LogP contribution < -0.4 is 5.32 Å². The molecule has 1 saturated carbocycles. The third-order valence-corrected chi connectivity index (χ3v) is 4.60. The lowest BCUT2D eigenvalue weighted by Gasteiger charge is -2.18. The molecule has 1 N–H and O–H groups in total. The van der Waals surface area contributed by atoms with Crippen molar-refractivity contribution in [2.45, 2.75) is 45.1 Å². The molecule has 1 unspecified atom stereocenters. The van der Waals surface area contributed by atoms with Gasteiger partial charge in [0.25, 0.3) is 0 Å². The summed E-state index contributed by atoms with van der Waals surface area (Å²) in [6.07, 6.45) is 7.16. The van der Waals surface area contributed by atoms with Gasteiger partial charge < -0.3 is 5.32 Å². The second-order valence-corrected chi connectivity index (χ2v) is 5.84. The topological polar surface area (TPSA) is 12.0 Å². The Morgan fingerprint density at radius 1 is 1.46 bits per heavy atom. The molecule has 0 aromatic carbocycles. The number of nitrogens with one attached hydrogen (secondary N) is 1. The summed E-state index contributed by atoms with van der Waals surface area (Å²) in [5.41, 5.74) is 0.738. The van der Waals surface area contributed by atoms with Crippen LogP contribution in [0.2, 0.25) is 0 Å². The molecule has 76 valence electrons. The monoisotopic (exact) mass is 199 g/mol. The Hall–Kier alpha value is 0.310. The Morgan fingerprint density at radius 3 is 2.85 bits per heavy atom. The molecule has 2 rings (SSSR count). The first-order valence-electron chi connectivity index (χ1n) is 5.66. The summed E-state index contributed by atoms with van der Waals surface area (Å²) in [4.78, 5) is 0. The van der Waals surface area contributed by atoms with Crippen LogP contribution in [0.3, 0.4) is 0 Å². The lowest BCUT2D eigenvalue weighted by atomic mass is 10.0. The van der Waals surface area contributed by atoms with E-state index >= 15 is 0 Å². The molecule has 0 amide bonds. The quantitative estimate of drug-likeness (QED) is 0.730. The van der Waals surface area contributed by atoms with Gasteiger partial charge in [-0.1, -0.05) is 13.3 Å². The van der Waals surface area contributed by atoms with Gasteiger partial charge in [0.15, 0.2) is 0 Å². The van der Waals surface area contributed by atoms with Gasteiger partial charge in [-0.25, -0.2) is 0 Å². The molecular weight excluding hydrogens is 178 g/mol. The Morgan fingerprint density at radius 2 is 2.31 bits per heavy atom. The van der Waals surface area contributed by atoms with Crippen LogP contribution in [0.1, 0.15) is 39.0 Å². The van der Waals surface area contributed by atoms with Crippen LogP contribution in [0.15, 0.2) is 0 Å². The fourth-order valence-electron chi connectivity index (χ4n) is 2.28. The molecule has 1 aliphatic heterocycles. The van der Waals surface area contributed by atoms with Crippen LogP contribution in [0.5, 0.6) is 0 Å². The number of rotatable bonds is 5. The van der Waals surface area contributed by atoms with E-state index in [2.05, 4.69) is 24.0 Å². The van der Waals surface area contributed by atoms with Gasteiger partial charge in [0.05, 0.1) is 0 Å². The average molecular weight is 199 g/mol. The highest BCUT2D eigenvalue weighted by Crippen LogP contribution is 2.49. The van der Waals surface area contributed by atoms with Gasteiger partial charge in [0.1, 0.15) is 0 Å². The predicted molar refractivity (Wildman–Crippen MR) is 60.3 cm³/mol. The standard InChI is InChI=1S/C11H21NS/c1-2-4-11(5-6-11)9-12-10-3-7-13-8-10/h10,12H,2-9H2,1H3. The van der Waals surface area contributed by atoms with Crippen LogP contribution in [0.25, 0.3) is 0 Å². The zero-order chi connectivity index (χ0) is 9.15. The van der Waals surface area contributed by atoms with Crippen molar-refractivity contribution in [3.8, 4) is 0 Å². The van der Waals surface area contributed by atoms with Crippen LogP contribution in [0.4, 0.5) is 0 Å². The lowest BCUT2D eigenvalue weighted by molar-refractivity contribution is 0.396. The van der Waals surface area contributed by atoms with Crippen molar-refractivity contribution in [2.24, 2.45) is 5.41 Å². The summed E-state index contributed by atoms with van der Waals surface area (Å²) in [5, 5.41) is 3.75. The fraction of sp³-hybridized carbons (Fsp3) is 1.00. The lowest BCUT2D eigenvalue weighted by Crippen LogP contribution is -2.34. The largest absolute Gasteiger partial charge is 0.313 e. The van der Waals surface area contributed by atoms with E-state index in [0.717, 1.165) is 11.5 Å². The molecular formula is C11H21NS. The van der Waals surface area contributed by atoms with E-state index in [0.29, 0.717) is 0 Å². The molecule has 0 aromatic rings. The predicted octanol–water partition coefficient (Wildman–Crippen LogP) is 2.66. The van der Waals surface area contributed by atoms with Gasteiger partial charge in [-0.15, -0.1) is 0 Å². The third-order valence-electron chi connectivity index (χ3n) is 3.43. The van der Waals surface area contributed by atoms with E-state index in [-0.39, 0.29) is 0 Å². The van der Waals surface area contributed by atoms with Crippen LogP contribution >= 0.6 is 11.8 Å². The van der Waals surface area contributed by atoms with Crippen LogP contribution in [-0.2, 0) is 0 Å². The molecule has 0 aromatic heterocycles. The Kier molecular flexibility index (Phi) is 3.20. The highest BCUT2D eigenvalue weighted by atomic mass is 32.2. The highest BCUT2D eigenvalue weighted by Gasteiger charge is 2.41. The zero-order valence-corrected chi connectivity index (χ0v) is 9.46. The molecule has 0 radical (unpaired) electrons. The molecule has 0 spiro atoms.